The molecule has 116 valence electrons. The molecule has 5 nitrogen and oxygen atoms in total. The quantitative estimate of drug-likeness (QED) is 0.733. The number of rotatable bonds is 4. The van der Waals surface area contributed by atoms with E-state index in [-0.39, 0.29) is 6.04 Å². The maximum absolute atomic E-state index is 12.0. The van der Waals surface area contributed by atoms with Crippen molar-refractivity contribution >= 4 is 10.2 Å². The normalized spacial score (nSPS) is 13.4. The topological polar surface area (TPSA) is 84.2 Å². The molecule has 0 radical (unpaired) electrons. The van der Waals surface area contributed by atoms with Gasteiger partial charge in [0.25, 0.3) is 10.2 Å². The summed E-state index contributed by atoms with van der Waals surface area (Å²) in [6.45, 7) is 7.49. The van der Waals surface area contributed by atoms with Crippen LogP contribution in [-0.4, -0.2) is 20.5 Å². The number of benzene rings is 1. The van der Waals surface area contributed by atoms with Crippen molar-refractivity contribution in [2.75, 3.05) is 6.54 Å². The second-order valence-corrected chi connectivity index (χ2v) is 7.27. The van der Waals surface area contributed by atoms with Crippen LogP contribution in [0.15, 0.2) is 24.3 Å². The van der Waals surface area contributed by atoms with Crippen molar-refractivity contribution < 1.29 is 8.42 Å². The second-order valence-electron chi connectivity index (χ2n) is 5.82. The molecule has 0 aromatic heterocycles. The molecule has 0 spiro atoms. The van der Waals surface area contributed by atoms with E-state index in [1.165, 1.54) is 0 Å². The molecule has 0 saturated carbocycles. The predicted octanol–water partition coefficient (Wildman–Crippen LogP) is 1.28. The Labute approximate surface area is 127 Å². The molecule has 4 N–H and O–H groups in total. The standard InChI is InChI=1S/C15H23N3O2S/c1-12(17-21(19,20)18-15(2,3)4)14-9-7-13(8-10-14)6-5-11-16/h7-10,12,17-18H,11,16H2,1-4H3. The molecule has 0 heterocycles. The molecule has 0 saturated heterocycles. The van der Waals surface area contributed by atoms with Crippen molar-refractivity contribution in [2.45, 2.75) is 39.3 Å². The first-order chi connectivity index (χ1) is 9.63. The minimum atomic E-state index is -3.56. The van der Waals surface area contributed by atoms with Crippen LogP contribution >= 0.6 is 0 Å². The first-order valence-corrected chi connectivity index (χ1v) is 8.21. The number of hydrogen-bond donors (Lipinski definition) is 3. The summed E-state index contributed by atoms with van der Waals surface area (Å²) in [7, 11) is -3.56. The van der Waals surface area contributed by atoms with Gasteiger partial charge in [-0.1, -0.05) is 24.0 Å². The molecule has 0 aliphatic heterocycles. The largest absolute Gasteiger partial charge is 0.320 e. The van der Waals surface area contributed by atoms with Gasteiger partial charge >= 0.3 is 0 Å². The van der Waals surface area contributed by atoms with Crippen molar-refractivity contribution in [3.8, 4) is 11.8 Å². The zero-order chi connectivity index (χ0) is 16.1. The summed E-state index contributed by atoms with van der Waals surface area (Å²) in [5.74, 6) is 5.70. The fraction of sp³-hybridized carbons (Fsp3) is 0.467. The molecule has 1 unspecified atom stereocenters. The minimum Gasteiger partial charge on any atom is -0.320 e. The fourth-order valence-corrected chi connectivity index (χ4v) is 3.21. The first-order valence-electron chi connectivity index (χ1n) is 6.73. The molecule has 1 aromatic carbocycles. The molecule has 1 atom stereocenters. The van der Waals surface area contributed by atoms with Crippen LogP contribution in [0.2, 0.25) is 0 Å². The van der Waals surface area contributed by atoms with Gasteiger partial charge in [0.2, 0.25) is 0 Å². The number of nitrogens with one attached hydrogen (secondary N) is 2. The lowest BCUT2D eigenvalue weighted by molar-refractivity contribution is 0.478. The molecular weight excluding hydrogens is 286 g/mol. The van der Waals surface area contributed by atoms with E-state index in [1.807, 2.05) is 24.3 Å². The van der Waals surface area contributed by atoms with E-state index in [1.54, 1.807) is 27.7 Å². The summed E-state index contributed by atoms with van der Waals surface area (Å²) in [6.07, 6.45) is 0. The van der Waals surface area contributed by atoms with Crippen LogP contribution in [0.5, 0.6) is 0 Å². The molecule has 0 aliphatic carbocycles. The molecule has 1 aromatic rings. The average molecular weight is 309 g/mol. The molecule has 6 heteroatoms. The number of hydrogen-bond acceptors (Lipinski definition) is 3. The lowest BCUT2D eigenvalue weighted by atomic mass is 10.1. The smallest absolute Gasteiger partial charge is 0.277 e. The summed E-state index contributed by atoms with van der Waals surface area (Å²) in [5, 5.41) is 0. The van der Waals surface area contributed by atoms with E-state index in [0.717, 1.165) is 11.1 Å². The third-order valence-electron chi connectivity index (χ3n) is 2.52. The van der Waals surface area contributed by atoms with Gasteiger partial charge in [0.05, 0.1) is 6.54 Å². The van der Waals surface area contributed by atoms with E-state index < -0.39 is 15.7 Å². The van der Waals surface area contributed by atoms with Gasteiger partial charge in [0.15, 0.2) is 0 Å². The van der Waals surface area contributed by atoms with Gasteiger partial charge < -0.3 is 5.73 Å². The average Bonchev–Trinajstić information content (AvgIpc) is 2.33. The van der Waals surface area contributed by atoms with Gasteiger partial charge in [-0.25, -0.2) is 0 Å². The minimum absolute atomic E-state index is 0.316. The SMILES string of the molecule is CC(NS(=O)(=O)NC(C)(C)C)c1ccc(C#CCN)cc1. The highest BCUT2D eigenvalue weighted by Gasteiger charge is 2.21. The third kappa shape index (κ3) is 6.74. The van der Waals surface area contributed by atoms with Gasteiger partial charge in [-0.2, -0.15) is 17.9 Å². The molecule has 0 aliphatic rings. The Morgan fingerprint density at radius 1 is 1.24 bits per heavy atom. The molecule has 0 fully saturated rings. The Morgan fingerprint density at radius 2 is 1.81 bits per heavy atom. The third-order valence-corrected chi connectivity index (χ3v) is 4.06. The van der Waals surface area contributed by atoms with Crippen molar-refractivity contribution in [3.05, 3.63) is 35.4 Å². The van der Waals surface area contributed by atoms with Crippen molar-refractivity contribution in [1.29, 1.82) is 0 Å². The molecule has 21 heavy (non-hydrogen) atoms. The molecular formula is C15H23N3O2S. The summed E-state index contributed by atoms with van der Waals surface area (Å²) in [5.41, 5.74) is 6.52. The van der Waals surface area contributed by atoms with Crippen LogP contribution in [0.3, 0.4) is 0 Å². The van der Waals surface area contributed by atoms with Crippen LogP contribution in [-0.2, 0) is 10.2 Å². The lowest BCUT2D eigenvalue weighted by Crippen LogP contribution is -2.47. The summed E-state index contributed by atoms with van der Waals surface area (Å²) in [6, 6.07) is 7.07. The highest BCUT2D eigenvalue weighted by molar-refractivity contribution is 7.87. The van der Waals surface area contributed by atoms with Gasteiger partial charge in [0.1, 0.15) is 0 Å². The monoisotopic (exact) mass is 309 g/mol. The van der Waals surface area contributed by atoms with Crippen LogP contribution in [0.1, 0.15) is 44.9 Å². The summed E-state index contributed by atoms with van der Waals surface area (Å²) in [4.78, 5) is 0. The van der Waals surface area contributed by atoms with E-state index in [9.17, 15) is 8.42 Å². The fourth-order valence-electron chi connectivity index (χ4n) is 1.74. The zero-order valence-corrected chi connectivity index (χ0v) is 13.7. The predicted molar refractivity (Wildman–Crippen MR) is 85.7 cm³/mol. The molecule has 0 bridgehead atoms. The van der Waals surface area contributed by atoms with Crippen LogP contribution < -0.4 is 15.2 Å². The highest BCUT2D eigenvalue weighted by atomic mass is 32.2. The Kier molecular flexibility index (Phi) is 5.93. The van der Waals surface area contributed by atoms with E-state index in [2.05, 4.69) is 21.3 Å². The number of nitrogens with two attached hydrogens (primary N) is 1. The molecule has 0 amide bonds. The van der Waals surface area contributed by atoms with E-state index in [0.29, 0.717) is 6.54 Å². The van der Waals surface area contributed by atoms with E-state index >= 15 is 0 Å². The summed E-state index contributed by atoms with van der Waals surface area (Å²) >= 11 is 0. The van der Waals surface area contributed by atoms with Crippen molar-refractivity contribution in [3.63, 3.8) is 0 Å². The Morgan fingerprint density at radius 3 is 2.29 bits per heavy atom. The van der Waals surface area contributed by atoms with Gasteiger partial charge in [-0.15, -0.1) is 0 Å². The Balaban J connectivity index is 2.78. The first kappa shape index (κ1) is 17.7. The van der Waals surface area contributed by atoms with Gasteiger partial charge in [-0.3, -0.25) is 0 Å². The van der Waals surface area contributed by atoms with Gasteiger partial charge in [0, 0.05) is 17.1 Å². The maximum Gasteiger partial charge on any atom is 0.277 e. The van der Waals surface area contributed by atoms with Gasteiger partial charge in [-0.05, 0) is 45.4 Å². The summed E-state index contributed by atoms with van der Waals surface area (Å²) < 4.78 is 29.1. The van der Waals surface area contributed by atoms with Crippen LogP contribution in [0, 0.1) is 11.8 Å². The zero-order valence-electron chi connectivity index (χ0n) is 12.9. The Bertz CT molecular complexity index is 620. The lowest BCUT2D eigenvalue weighted by Gasteiger charge is -2.22. The maximum atomic E-state index is 12.0. The second kappa shape index (κ2) is 7.05. The van der Waals surface area contributed by atoms with Crippen LogP contribution in [0.25, 0.3) is 0 Å². The highest BCUT2D eigenvalue weighted by Crippen LogP contribution is 2.14. The van der Waals surface area contributed by atoms with Crippen molar-refractivity contribution in [1.82, 2.24) is 9.44 Å². The van der Waals surface area contributed by atoms with E-state index in [4.69, 9.17) is 5.73 Å². The molecule has 1 rings (SSSR count). The Hall–Kier alpha value is -1.39. The van der Waals surface area contributed by atoms with Crippen LogP contribution in [0.4, 0.5) is 0 Å². The van der Waals surface area contributed by atoms with Crippen molar-refractivity contribution in [2.24, 2.45) is 5.73 Å².